The zero-order valence-corrected chi connectivity index (χ0v) is 19.0. The molecule has 1 aliphatic rings. The molecule has 160 valence electrons. The van der Waals surface area contributed by atoms with Gasteiger partial charge >= 0.3 is 6.18 Å². The first-order valence-corrected chi connectivity index (χ1v) is 11.1. The molecule has 0 spiro atoms. The topological polar surface area (TPSA) is 30.0 Å². The van der Waals surface area contributed by atoms with Crippen LogP contribution >= 0.6 is 34.5 Å². The van der Waals surface area contributed by atoms with Crippen LogP contribution in [0.2, 0.25) is 10.0 Å². The Hall–Kier alpha value is -1.11. The van der Waals surface area contributed by atoms with E-state index >= 15 is 0 Å². The number of hydrogen-bond donors (Lipinski definition) is 0. The van der Waals surface area contributed by atoms with Crippen molar-refractivity contribution in [2.45, 2.75) is 70.9 Å². The summed E-state index contributed by atoms with van der Waals surface area (Å²) in [5.41, 5.74) is -0.684. The van der Waals surface area contributed by atoms with Gasteiger partial charge in [0.15, 0.2) is 5.78 Å². The molecule has 0 N–H and O–H groups in total. The molecule has 1 aromatic heterocycles. The maximum atomic E-state index is 13.4. The van der Waals surface area contributed by atoms with Crippen LogP contribution in [0.15, 0.2) is 18.2 Å². The van der Waals surface area contributed by atoms with E-state index in [0.717, 1.165) is 28.4 Å². The van der Waals surface area contributed by atoms with Gasteiger partial charge in [0.25, 0.3) is 0 Å². The molecule has 0 amide bonds. The lowest BCUT2D eigenvalue weighted by Crippen LogP contribution is -2.41. The minimum atomic E-state index is -4.31. The number of fused-ring (bicyclic) bond motifs is 1. The van der Waals surface area contributed by atoms with Gasteiger partial charge in [0.2, 0.25) is 0 Å². The number of carbonyl (C=O) groups excluding carboxylic acids is 1. The summed E-state index contributed by atoms with van der Waals surface area (Å²) in [6.45, 7) is 5.23. The van der Waals surface area contributed by atoms with Crippen LogP contribution in [0, 0.1) is 6.92 Å². The van der Waals surface area contributed by atoms with Crippen LogP contribution in [0.4, 0.5) is 13.2 Å². The smallest absolute Gasteiger partial charge is 0.293 e. The minimum Gasteiger partial charge on any atom is -0.293 e. The standard InChI is InChI=1S/C13H15Cl2F3.C8H9NOS/c1-3-5-12(4-2,13(16,17)18)9-6-10(14)8-11(15)7-9;1-5-9-6-3-2-4-7(10)8(6)11-5/h6-8H,3-5H2,1-2H3;2-4H2,1H3. The van der Waals surface area contributed by atoms with E-state index in [0.29, 0.717) is 12.8 Å². The number of aromatic nitrogens is 1. The number of halogens is 5. The van der Waals surface area contributed by atoms with E-state index in [1.165, 1.54) is 36.5 Å². The van der Waals surface area contributed by atoms with Gasteiger partial charge in [-0.1, -0.05) is 43.5 Å². The second kappa shape index (κ2) is 9.80. The Bertz CT molecular complexity index is 846. The van der Waals surface area contributed by atoms with E-state index in [2.05, 4.69) is 4.98 Å². The second-order valence-electron chi connectivity index (χ2n) is 7.13. The first-order chi connectivity index (χ1) is 13.5. The summed E-state index contributed by atoms with van der Waals surface area (Å²) in [7, 11) is 0. The van der Waals surface area contributed by atoms with Crippen molar-refractivity contribution in [1.82, 2.24) is 4.98 Å². The summed E-state index contributed by atoms with van der Waals surface area (Å²) < 4.78 is 40.3. The van der Waals surface area contributed by atoms with Crippen LogP contribution in [0.5, 0.6) is 0 Å². The number of thiazole rings is 1. The van der Waals surface area contributed by atoms with Gasteiger partial charge in [-0.25, -0.2) is 4.98 Å². The number of benzene rings is 1. The molecule has 0 fully saturated rings. The maximum Gasteiger partial charge on any atom is 0.398 e. The first-order valence-electron chi connectivity index (χ1n) is 9.56. The molecule has 8 heteroatoms. The number of carbonyl (C=O) groups is 1. The molecule has 2 nitrogen and oxygen atoms in total. The van der Waals surface area contributed by atoms with Crippen molar-refractivity contribution in [1.29, 1.82) is 0 Å². The van der Waals surface area contributed by atoms with Gasteiger partial charge in [-0.3, -0.25) is 4.79 Å². The highest BCUT2D eigenvalue weighted by Crippen LogP contribution is 2.48. The minimum absolute atomic E-state index is 0.0268. The number of nitrogens with zero attached hydrogens (tertiary/aromatic N) is 1. The van der Waals surface area contributed by atoms with Gasteiger partial charge in [-0.15, -0.1) is 11.3 Å². The summed E-state index contributed by atoms with van der Waals surface area (Å²) in [6, 6.07) is 4.16. The Kier molecular flexibility index (Phi) is 8.16. The maximum absolute atomic E-state index is 13.4. The fraction of sp³-hybridized carbons (Fsp3) is 0.524. The highest BCUT2D eigenvalue weighted by molar-refractivity contribution is 7.13. The second-order valence-corrected chi connectivity index (χ2v) is 9.20. The lowest BCUT2D eigenvalue weighted by Gasteiger charge is -2.35. The Morgan fingerprint density at radius 1 is 1.10 bits per heavy atom. The van der Waals surface area contributed by atoms with E-state index < -0.39 is 11.6 Å². The van der Waals surface area contributed by atoms with Crippen molar-refractivity contribution in [2.24, 2.45) is 0 Å². The fourth-order valence-corrected chi connectivity index (χ4v) is 5.13. The number of hydrogen-bond acceptors (Lipinski definition) is 3. The number of alkyl halides is 3. The number of ketones is 1. The van der Waals surface area contributed by atoms with Crippen molar-refractivity contribution >= 4 is 40.3 Å². The van der Waals surface area contributed by atoms with Crippen LogP contribution in [0.25, 0.3) is 0 Å². The van der Waals surface area contributed by atoms with Crippen molar-refractivity contribution < 1.29 is 18.0 Å². The van der Waals surface area contributed by atoms with Gasteiger partial charge in [0, 0.05) is 16.5 Å². The van der Waals surface area contributed by atoms with Gasteiger partial charge in [-0.05, 0) is 56.4 Å². The largest absolute Gasteiger partial charge is 0.398 e. The molecule has 1 aromatic carbocycles. The van der Waals surface area contributed by atoms with E-state index in [9.17, 15) is 18.0 Å². The third-order valence-electron chi connectivity index (χ3n) is 5.11. The van der Waals surface area contributed by atoms with E-state index in [4.69, 9.17) is 23.2 Å². The lowest BCUT2D eigenvalue weighted by atomic mass is 9.74. The predicted octanol–water partition coefficient (Wildman–Crippen LogP) is 7.97. The SMILES string of the molecule is CCCC(CC)(c1cc(Cl)cc(Cl)c1)C(F)(F)F.Cc1nc2c(s1)C(=O)CCC2. The molecule has 3 rings (SSSR count). The average Bonchev–Trinajstić information content (AvgIpc) is 3.00. The molecule has 2 aromatic rings. The number of aryl methyl sites for hydroxylation is 2. The Morgan fingerprint density at radius 2 is 1.72 bits per heavy atom. The number of rotatable bonds is 4. The molecule has 0 aliphatic heterocycles. The van der Waals surface area contributed by atoms with E-state index in [1.54, 1.807) is 6.92 Å². The van der Waals surface area contributed by atoms with Gasteiger partial charge in [-0.2, -0.15) is 13.2 Å². The molecule has 1 aliphatic carbocycles. The van der Waals surface area contributed by atoms with Crippen LogP contribution < -0.4 is 0 Å². The molecule has 1 atom stereocenters. The normalized spacial score (nSPS) is 15.9. The summed E-state index contributed by atoms with van der Waals surface area (Å²) >= 11 is 13.2. The van der Waals surface area contributed by atoms with Crippen molar-refractivity contribution in [3.63, 3.8) is 0 Å². The molecule has 1 heterocycles. The molecular weight excluding hydrogens is 442 g/mol. The number of Topliss-reactive ketones (excluding diaryl/α,β-unsaturated/α-hetero) is 1. The highest BCUT2D eigenvalue weighted by atomic mass is 35.5. The summed E-state index contributed by atoms with van der Waals surface area (Å²) in [5.74, 6) is 0.289. The third-order valence-corrected chi connectivity index (χ3v) is 6.60. The summed E-state index contributed by atoms with van der Waals surface area (Å²) in [6.07, 6.45) is -1.18. The average molecular weight is 466 g/mol. The molecular formula is C21H24Cl2F3NOS. The highest BCUT2D eigenvalue weighted by Gasteiger charge is 2.53. The molecule has 29 heavy (non-hydrogen) atoms. The molecule has 0 saturated carbocycles. The van der Waals surface area contributed by atoms with Crippen LogP contribution in [-0.4, -0.2) is 16.9 Å². The Labute approximate surface area is 183 Å². The van der Waals surface area contributed by atoms with Crippen molar-refractivity contribution in [2.75, 3.05) is 0 Å². The van der Waals surface area contributed by atoms with Gasteiger partial charge in [0.1, 0.15) is 0 Å². The predicted molar refractivity (Wildman–Crippen MR) is 114 cm³/mol. The zero-order valence-electron chi connectivity index (χ0n) is 16.6. The monoisotopic (exact) mass is 465 g/mol. The molecule has 0 saturated heterocycles. The third kappa shape index (κ3) is 5.53. The van der Waals surface area contributed by atoms with Gasteiger partial charge in [0.05, 0.1) is 21.0 Å². The summed E-state index contributed by atoms with van der Waals surface area (Å²) in [5, 5.41) is 1.48. The van der Waals surface area contributed by atoms with E-state index in [1.807, 2.05) is 6.92 Å². The fourth-order valence-electron chi connectivity index (χ4n) is 3.68. The van der Waals surface area contributed by atoms with E-state index in [-0.39, 0.29) is 34.2 Å². The summed E-state index contributed by atoms with van der Waals surface area (Å²) in [4.78, 5) is 16.5. The lowest BCUT2D eigenvalue weighted by molar-refractivity contribution is -0.194. The zero-order chi connectivity index (χ0) is 21.8. The Morgan fingerprint density at radius 3 is 2.21 bits per heavy atom. The quantitative estimate of drug-likeness (QED) is 0.457. The Balaban J connectivity index is 0.000000230. The van der Waals surface area contributed by atoms with Crippen molar-refractivity contribution in [3.05, 3.63) is 49.4 Å². The molecule has 1 unspecified atom stereocenters. The van der Waals surface area contributed by atoms with Gasteiger partial charge < -0.3 is 0 Å². The van der Waals surface area contributed by atoms with Crippen molar-refractivity contribution in [3.8, 4) is 0 Å². The molecule has 0 bridgehead atoms. The van der Waals surface area contributed by atoms with Crippen LogP contribution in [0.1, 0.15) is 71.9 Å². The first kappa shape index (κ1) is 24.2. The van der Waals surface area contributed by atoms with Crippen LogP contribution in [-0.2, 0) is 11.8 Å². The van der Waals surface area contributed by atoms with Crippen LogP contribution in [0.3, 0.4) is 0 Å². The molecule has 0 radical (unpaired) electrons.